The zero-order chi connectivity index (χ0) is 34.4. The van der Waals surface area contributed by atoms with Crippen LogP contribution >= 0.6 is 0 Å². The summed E-state index contributed by atoms with van der Waals surface area (Å²) in [5.41, 5.74) is -6.81. The highest BCUT2D eigenvalue weighted by molar-refractivity contribution is 5.90. The van der Waals surface area contributed by atoms with Gasteiger partial charge in [-0.3, -0.25) is 14.4 Å². The molecule has 252 valence electrons. The minimum atomic E-state index is -2.03. The molecule has 1 spiro atoms. The zero-order valence-electron chi connectivity index (χ0n) is 27.2. The van der Waals surface area contributed by atoms with E-state index in [-0.39, 0.29) is 24.0 Å². The Hall–Kier alpha value is -4.29. The van der Waals surface area contributed by atoms with Gasteiger partial charge < -0.3 is 33.5 Å². The molecule has 1 saturated heterocycles. The van der Waals surface area contributed by atoms with Crippen LogP contribution in [-0.2, 0) is 42.8 Å². The molecule has 8 atom stereocenters. The molecule has 3 fully saturated rings. The first-order chi connectivity index (χ1) is 22.1. The second kappa shape index (κ2) is 12.4. The Morgan fingerprint density at radius 1 is 0.745 bits per heavy atom. The first-order valence-corrected chi connectivity index (χ1v) is 15.5. The molecule has 3 aliphatic rings. The van der Waals surface area contributed by atoms with E-state index in [1.165, 1.54) is 45.0 Å². The average molecular weight is 653 g/mol. The van der Waals surface area contributed by atoms with Gasteiger partial charge in [-0.25, -0.2) is 9.59 Å². The maximum absolute atomic E-state index is 13.9. The number of aliphatic hydroxyl groups is 1. The van der Waals surface area contributed by atoms with Gasteiger partial charge in [0.25, 0.3) is 0 Å². The Kier molecular flexibility index (Phi) is 8.97. The van der Waals surface area contributed by atoms with E-state index in [9.17, 15) is 29.1 Å². The predicted octanol–water partition coefficient (Wildman–Crippen LogP) is 3.57. The third-order valence-electron chi connectivity index (χ3n) is 9.69. The Labute approximate surface area is 272 Å². The fourth-order valence-corrected chi connectivity index (χ4v) is 7.96. The van der Waals surface area contributed by atoms with Crippen molar-refractivity contribution in [2.75, 3.05) is 6.61 Å². The van der Waals surface area contributed by atoms with Gasteiger partial charge in [-0.1, -0.05) is 36.4 Å². The smallest absolute Gasteiger partial charge is 0.338 e. The molecule has 12 heteroatoms. The Morgan fingerprint density at radius 2 is 1.28 bits per heavy atom. The van der Waals surface area contributed by atoms with E-state index >= 15 is 0 Å². The number of carbonyl (C=O) groups is 5. The summed E-state index contributed by atoms with van der Waals surface area (Å²) in [5, 5.41) is 12.6. The fourth-order valence-electron chi connectivity index (χ4n) is 7.96. The second-order valence-electron chi connectivity index (χ2n) is 13.2. The lowest BCUT2D eigenvalue weighted by atomic mass is 9.46. The lowest BCUT2D eigenvalue weighted by Crippen LogP contribution is -2.83. The number of esters is 5. The molecule has 2 bridgehead atoms. The number of hydrogen-bond acceptors (Lipinski definition) is 12. The summed E-state index contributed by atoms with van der Waals surface area (Å²) in [5.74, 6) is -4.39. The lowest BCUT2D eigenvalue weighted by molar-refractivity contribution is -0.354. The van der Waals surface area contributed by atoms with Gasteiger partial charge in [0.2, 0.25) is 0 Å². The van der Waals surface area contributed by atoms with Crippen molar-refractivity contribution < 1.29 is 57.5 Å². The average Bonchev–Trinajstić information content (AvgIpc) is 3.17. The predicted molar refractivity (Wildman–Crippen MR) is 163 cm³/mol. The molecule has 0 amide bonds. The van der Waals surface area contributed by atoms with Crippen molar-refractivity contribution in [2.45, 2.75) is 95.6 Å². The summed E-state index contributed by atoms with van der Waals surface area (Å²) in [6, 6.07) is 16.1. The molecule has 2 aromatic rings. The van der Waals surface area contributed by atoms with E-state index in [1.807, 2.05) is 0 Å². The van der Waals surface area contributed by atoms with Gasteiger partial charge in [-0.05, 0) is 51.5 Å². The summed E-state index contributed by atoms with van der Waals surface area (Å²) in [7, 11) is 0. The van der Waals surface area contributed by atoms with Crippen molar-refractivity contribution in [1.29, 1.82) is 0 Å². The topological polar surface area (TPSA) is 161 Å². The highest BCUT2D eigenvalue weighted by Crippen LogP contribution is 2.69. The first-order valence-electron chi connectivity index (χ1n) is 15.5. The molecule has 12 nitrogen and oxygen atoms in total. The molecular formula is C35H40O12. The van der Waals surface area contributed by atoms with Crippen molar-refractivity contribution >= 4 is 29.8 Å². The summed E-state index contributed by atoms with van der Waals surface area (Å²) in [4.78, 5) is 65.4. The van der Waals surface area contributed by atoms with Crippen LogP contribution in [0.25, 0.3) is 0 Å². The Bertz CT molecular complexity index is 1540. The van der Waals surface area contributed by atoms with Crippen LogP contribution in [0.5, 0.6) is 0 Å². The van der Waals surface area contributed by atoms with Gasteiger partial charge in [-0.15, -0.1) is 0 Å². The lowest BCUT2D eigenvalue weighted by Gasteiger charge is -2.65. The van der Waals surface area contributed by atoms with E-state index in [0.29, 0.717) is 0 Å². The van der Waals surface area contributed by atoms with Gasteiger partial charge in [-0.2, -0.15) is 0 Å². The van der Waals surface area contributed by atoms with Crippen molar-refractivity contribution in [2.24, 2.45) is 11.3 Å². The minimum absolute atomic E-state index is 0.0115. The van der Waals surface area contributed by atoms with Crippen LogP contribution in [0, 0.1) is 11.3 Å². The zero-order valence-corrected chi connectivity index (χ0v) is 27.2. The molecule has 47 heavy (non-hydrogen) atoms. The van der Waals surface area contributed by atoms with Gasteiger partial charge in [0, 0.05) is 33.1 Å². The highest BCUT2D eigenvalue weighted by atomic mass is 16.6. The number of rotatable bonds is 8. The van der Waals surface area contributed by atoms with E-state index < -0.39 is 89.0 Å². The van der Waals surface area contributed by atoms with E-state index in [2.05, 4.69) is 0 Å². The molecule has 0 aromatic heterocycles. The highest BCUT2D eigenvalue weighted by Gasteiger charge is 2.86. The van der Waals surface area contributed by atoms with E-state index in [1.54, 1.807) is 50.2 Å². The van der Waals surface area contributed by atoms with Crippen molar-refractivity contribution in [3.8, 4) is 0 Å². The number of hydrogen-bond donors (Lipinski definition) is 1. The van der Waals surface area contributed by atoms with Crippen LogP contribution < -0.4 is 0 Å². The SMILES string of the molecule is CC(=O)OC[C@]12[C@@H](OC(C)=O)C[C@@H]3[C@@H](OC(C)=O)[C@]1(OC3(C)C)[C@@](C)(O)C[C@H](OC(=O)c1ccccc1)[C@@H]2OC(=O)c1ccccc1. The first kappa shape index (κ1) is 34.1. The van der Waals surface area contributed by atoms with E-state index in [4.69, 9.17) is 28.4 Å². The quantitative estimate of drug-likeness (QED) is 0.327. The van der Waals surface area contributed by atoms with Gasteiger partial charge >= 0.3 is 29.8 Å². The summed E-state index contributed by atoms with van der Waals surface area (Å²) in [6.45, 7) is 7.86. The number of benzene rings is 2. The number of ether oxygens (including phenoxy) is 6. The maximum atomic E-state index is 13.9. The monoisotopic (exact) mass is 652 g/mol. The molecule has 1 aliphatic heterocycles. The van der Waals surface area contributed by atoms with Crippen LogP contribution in [0.2, 0.25) is 0 Å². The van der Waals surface area contributed by atoms with Gasteiger partial charge in [0.05, 0.1) is 22.3 Å². The normalized spacial score (nSPS) is 33.5. The van der Waals surface area contributed by atoms with Gasteiger partial charge in [0.15, 0.2) is 11.7 Å². The van der Waals surface area contributed by atoms with Crippen molar-refractivity contribution in [1.82, 2.24) is 0 Å². The van der Waals surface area contributed by atoms with Crippen LogP contribution in [0.4, 0.5) is 0 Å². The standard InChI is InChI=1S/C35H40O12/c1-20(36)42-19-34-27(43-21(2)37)17-25-28(44-22(3)38)35(34,47-32(25,4)5)33(6,41)18-26(45-30(39)23-13-9-7-10-14-23)29(34)46-31(40)24-15-11-8-12-16-24/h7-16,25-29,41H,17-19H2,1-6H3/t25-,26+,27+,28-,29+,33+,34-,35+/m1/s1. The maximum Gasteiger partial charge on any atom is 0.338 e. The molecular weight excluding hydrogens is 612 g/mol. The van der Waals surface area contributed by atoms with E-state index in [0.717, 1.165) is 6.92 Å². The van der Waals surface area contributed by atoms with Crippen LogP contribution in [-0.4, -0.2) is 82.8 Å². The Morgan fingerprint density at radius 3 is 1.79 bits per heavy atom. The second-order valence-corrected chi connectivity index (χ2v) is 13.2. The van der Waals surface area contributed by atoms with Crippen LogP contribution in [0.3, 0.4) is 0 Å². The molecule has 0 unspecified atom stereocenters. The molecule has 2 saturated carbocycles. The van der Waals surface area contributed by atoms with Gasteiger partial charge in [0.1, 0.15) is 30.3 Å². The summed E-state index contributed by atoms with van der Waals surface area (Å²) < 4.78 is 36.8. The molecule has 1 N–H and O–H groups in total. The van der Waals surface area contributed by atoms with Crippen LogP contribution in [0.15, 0.2) is 60.7 Å². The summed E-state index contributed by atoms with van der Waals surface area (Å²) in [6.07, 6.45) is -5.80. The molecule has 2 aliphatic carbocycles. The molecule has 2 aromatic carbocycles. The molecule has 0 radical (unpaired) electrons. The Balaban J connectivity index is 1.80. The third kappa shape index (κ3) is 5.78. The summed E-state index contributed by atoms with van der Waals surface area (Å²) >= 11 is 0. The largest absolute Gasteiger partial charge is 0.465 e. The minimum Gasteiger partial charge on any atom is -0.465 e. The molecule has 1 heterocycles. The van der Waals surface area contributed by atoms with Crippen molar-refractivity contribution in [3.05, 3.63) is 71.8 Å². The van der Waals surface area contributed by atoms with Crippen molar-refractivity contribution in [3.63, 3.8) is 0 Å². The van der Waals surface area contributed by atoms with Crippen LogP contribution in [0.1, 0.15) is 75.1 Å². The number of fused-ring (bicyclic) bond motifs is 1. The third-order valence-corrected chi connectivity index (χ3v) is 9.69. The number of carbonyl (C=O) groups excluding carboxylic acids is 5. The molecule has 5 rings (SSSR count). The fraction of sp³-hybridized carbons (Fsp3) is 0.514.